The maximum Gasteiger partial charge on any atom is 0.259 e. The highest BCUT2D eigenvalue weighted by molar-refractivity contribution is 5.96. The maximum atomic E-state index is 12.9. The van der Waals surface area contributed by atoms with Gasteiger partial charge in [-0.2, -0.15) is 0 Å². The Kier molecular flexibility index (Phi) is 3.83. The average Bonchev–Trinajstić information content (AvgIpc) is 3.24. The molecular formula is C18H18N4O3. The summed E-state index contributed by atoms with van der Waals surface area (Å²) in [5, 5.41) is 3.97. The molecule has 1 aliphatic rings. The van der Waals surface area contributed by atoms with Gasteiger partial charge in [0.05, 0.1) is 17.8 Å². The fourth-order valence-electron chi connectivity index (χ4n) is 3.08. The Morgan fingerprint density at radius 3 is 3.04 bits per heavy atom. The first kappa shape index (κ1) is 15.6. The Balaban J connectivity index is 1.60. The Morgan fingerprint density at radius 1 is 1.40 bits per heavy atom. The first-order valence-corrected chi connectivity index (χ1v) is 8.30. The normalized spacial score (nSPS) is 13.8. The summed E-state index contributed by atoms with van der Waals surface area (Å²) in [4.78, 5) is 23.3. The van der Waals surface area contributed by atoms with Crippen LogP contribution in [0.2, 0.25) is 0 Å². The third kappa shape index (κ3) is 2.71. The van der Waals surface area contributed by atoms with E-state index in [1.165, 1.54) is 0 Å². The van der Waals surface area contributed by atoms with Gasteiger partial charge in [-0.05, 0) is 25.5 Å². The molecule has 3 aromatic heterocycles. The van der Waals surface area contributed by atoms with Crippen LogP contribution < -0.4 is 0 Å². The molecule has 0 radical (unpaired) electrons. The first-order chi connectivity index (χ1) is 12.2. The molecule has 7 heteroatoms. The molecule has 0 saturated heterocycles. The fraction of sp³-hybridized carbons (Fsp3) is 0.333. The van der Waals surface area contributed by atoms with Crippen molar-refractivity contribution in [1.82, 2.24) is 20.0 Å². The summed E-state index contributed by atoms with van der Waals surface area (Å²) in [6.45, 7) is 4.73. The van der Waals surface area contributed by atoms with E-state index in [1.807, 2.05) is 19.1 Å². The van der Waals surface area contributed by atoms with Crippen molar-refractivity contribution < 1.29 is 13.7 Å². The molecule has 3 aromatic rings. The van der Waals surface area contributed by atoms with Crippen molar-refractivity contribution in [2.45, 2.75) is 33.2 Å². The SMILES string of the molecule is CCc1noc(C)c1C(=O)N1CCc2oc(-c3cccnc3)nc2C1. The van der Waals surface area contributed by atoms with Crippen LogP contribution in [0, 0.1) is 6.92 Å². The van der Waals surface area contributed by atoms with Gasteiger partial charge in [0.15, 0.2) is 0 Å². The summed E-state index contributed by atoms with van der Waals surface area (Å²) in [5.41, 5.74) is 2.90. The van der Waals surface area contributed by atoms with Gasteiger partial charge in [-0.1, -0.05) is 12.1 Å². The largest absolute Gasteiger partial charge is 0.441 e. The minimum atomic E-state index is -0.0628. The molecule has 4 heterocycles. The molecule has 0 spiro atoms. The third-order valence-electron chi connectivity index (χ3n) is 4.41. The van der Waals surface area contributed by atoms with Gasteiger partial charge < -0.3 is 13.8 Å². The van der Waals surface area contributed by atoms with Crippen LogP contribution in [0.25, 0.3) is 11.5 Å². The second kappa shape index (κ2) is 6.16. The van der Waals surface area contributed by atoms with Crippen LogP contribution in [-0.2, 0) is 19.4 Å². The quantitative estimate of drug-likeness (QED) is 0.730. The highest BCUT2D eigenvalue weighted by Crippen LogP contribution is 2.27. The topological polar surface area (TPSA) is 85.3 Å². The zero-order chi connectivity index (χ0) is 17.4. The van der Waals surface area contributed by atoms with Crippen LogP contribution in [-0.4, -0.2) is 32.5 Å². The van der Waals surface area contributed by atoms with Crippen LogP contribution in [0.1, 0.15) is 40.2 Å². The number of carbonyl (C=O) groups excluding carboxylic acids is 1. The molecule has 0 aromatic carbocycles. The van der Waals surface area contributed by atoms with Gasteiger partial charge in [-0.3, -0.25) is 9.78 Å². The highest BCUT2D eigenvalue weighted by atomic mass is 16.5. The second-order valence-corrected chi connectivity index (χ2v) is 6.02. The van der Waals surface area contributed by atoms with Gasteiger partial charge in [0.2, 0.25) is 5.89 Å². The Morgan fingerprint density at radius 2 is 2.28 bits per heavy atom. The van der Waals surface area contributed by atoms with Crippen molar-refractivity contribution in [2.75, 3.05) is 6.54 Å². The van der Waals surface area contributed by atoms with Gasteiger partial charge in [-0.25, -0.2) is 4.98 Å². The molecule has 0 bridgehead atoms. The Hall–Kier alpha value is -2.96. The molecule has 0 N–H and O–H groups in total. The van der Waals surface area contributed by atoms with Crippen molar-refractivity contribution in [3.05, 3.63) is 53.0 Å². The van der Waals surface area contributed by atoms with E-state index in [9.17, 15) is 4.79 Å². The number of carbonyl (C=O) groups is 1. The molecule has 0 fully saturated rings. The Labute approximate surface area is 144 Å². The summed E-state index contributed by atoms with van der Waals surface area (Å²) in [7, 11) is 0. The van der Waals surface area contributed by atoms with Crippen LogP contribution in [0.3, 0.4) is 0 Å². The van der Waals surface area contributed by atoms with E-state index >= 15 is 0 Å². The highest BCUT2D eigenvalue weighted by Gasteiger charge is 2.30. The number of amides is 1. The predicted molar refractivity (Wildman–Crippen MR) is 88.8 cm³/mol. The number of aromatic nitrogens is 3. The lowest BCUT2D eigenvalue weighted by Gasteiger charge is -2.25. The smallest absolute Gasteiger partial charge is 0.259 e. The van der Waals surface area contributed by atoms with Gasteiger partial charge in [-0.15, -0.1) is 0 Å². The lowest BCUT2D eigenvalue weighted by Crippen LogP contribution is -2.36. The van der Waals surface area contributed by atoms with Crippen molar-refractivity contribution >= 4 is 5.91 Å². The van der Waals surface area contributed by atoms with Crippen LogP contribution in [0.5, 0.6) is 0 Å². The Bertz CT molecular complexity index is 914. The molecule has 7 nitrogen and oxygen atoms in total. The van der Waals surface area contributed by atoms with E-state index in [-0.39, 0.29) is 5.91 Å². The van der Waals surface area contributed by atoms with E-state index in [0.29, 0.717) is 48.8 Å². The van der Waals surface area contributed by atoms with Gasteiger partial charge >= 0.3 is 0 Å². The van der Waals surface area contributed by atoms with Crippen LogP contribution >= 0.6 is 0 Å². The molecule has 1 aliphatic heterocycles. The summed E-state index contributed by atoms with van der Waals surface area (Å²) >= 11 is 0. The fourth-order valence-corrected chi connectivity index (χ4v) is 3.08. The lowest BCUT2D eigenvalue weighted by atomic mass is 10.1. The summed E-state index contributed by atoms with van der Waals surface area (Å²) < 4.78 is 11.1. The number of oxazole rings is 1. The zero-order valence-corrected chi connectivity index (χ0v) is 14.2. The van der Waals surface area contributed by atoms with Crippen LogP contribution in [0.4, 0.5) is 0 Å². The maximum absolute atomic E-state index is 12.9. The molecule has 0 aliphatic carbocycles. The standard InChI is InChI=1S/C18H18N4O3/c1-3-13-16(11(2)25-21-13)18(23)22-8-6-15-14(10-22)20-17(24-15)12-5-4-7-19-9-12/h4-5,7,9H,3,6,8,10H2,1-2H3. The van der Waals surface area contributed by atoms with Crippen molar-refractivity contribution in [1.29, 1.82) is 0 Å². The molecular weight excluding hydrogens is 320 g/mol. The van der Waals surface area contributed by atoms with E-state index in [0.717, 1.165) is 17.0 Å². The molecule has 128 valence electrons. The molecule has 0 saturated carbocycles. The summed E-state index contributed by atoms with van der Waals surface area (Å²) in [6.07, 6.45) is 4.72. The number of hydrogen-bond acceptors (Lipinski definition) is 6. The van der Waals surface area contributed by atoms with Crippen molar-refractivity contribution in [3.63, 3.8) is 0 Å². The third-order valence-corrected chi connectivity index (χ3v) is 4.41. The minimum absolute atomic E-state index is 0.0628. The van der Waals surface area contributed by atoms with Crippen molar-refractivity contribution in [3.8, 4) is 11.5 Å². The number of rotatable bonds is 3. The first-order valence-electron chi connectivity index (χ1n) is 8.30. The summed E-state index contributed by atoms with van der Waals surface area (Å²) in [6, 6.07) is 3.75. The zero-order valence-electron chi connectivity index (χ0n) is 14.2. The van der Waals surface area contributed by atoms with Crippen molar-refractivity contribution in [2.24, 2.45) is 0 Å². The lowest BCUT2D eigenvalue weighted by molar-refractivity contribution is 0.0725. The number of nitrogens with zero attached hydrogens (tertiary/aromatic N) is 4. The van der Waals surface area contributed by atoms with Gasteiger partial charge in [0, 0.05) is 25.4 Å². The minimum Gasteiger partial charge on any atom is -0.441 e. The van der Waals surface area contributed by atoms with E-state index in [2.05, 4.69) is 15.1 Å². The van der Waals surface area contributed by atoms with Crippen LogP contribution in [0.15, 0.2) is 33.5 Å². The van der Waals surface area contributed by atoms with Gasteiger partial charge in [0.25, 0.3) is 5.91 Å². The second-order valence-electron chi connectivity index (χ2n) is 6.02. The number of pyridine rings is 1. The molecule has 25 heavy (non-hydrogen) atoms. The number of aryl methyl sites for hydroxylation is 2. The molecule has 0 unspecified atom stereocenters. The monoisotopic (exact) mass is 338 g/mol. The van der Waals surface area contributed by atoms with E-state index in [4.69, 9.17) is 8.94 Å². The predicted octanol–water partition coefficient (Wildman–Crippen LogP) is 2.79. The number of hydrogen-bond donors (Lipinski definition) is 0. The molecule has 4 rings (SSSR count). The average molecular weight is 338 g/mol. The molecule has 0 atom stereocenters. The van der Waals surface area contributed by atoms with E-state index < -0.39 is 0 Å². The molecule has 1 amide bonds. The van der Waals surface area contributed by atoms with E-state index in [1.54, 1.807) is 24.2 Å². The van der Waals surface area contributed by atoms with Gasteiger partial charge in [0.1, 0.15) is 22.8 Å². The number of fused-ring (bicyclic) bond motifs is 1. The summed E-state index contributed by atoms with van der Waals surface area (Å²) in [5.74, 6) is 1.87.